The van der Waals surface area contributed by atoms with Crippen molar-refractivity contribution < 1.29 is 19.0 Å². The lowest BCUT2D eigenvalue weighted by Crippen LogP contribution is -2.21. The van der Waals surface area contributed by atoms with Crippen LogP contribution in [-0.4, -0.2) is 32.8 Å². The molecule has 6 heteroatoms. The van der Waals surface area contributed by atoms with Crippen LogP contribution in [0.4, 0.5) is 11.4 Å². The van der Waals surface area contributed by atoms with E-state index in [2.05, 4.69) is 10.6 Å². The standard InChI is InChI=1S/C21H28N2O4/c1-5-26-19-11-10-18(13-20(19)27-6-2)23-21(24)14-22-17-9-7-8-16(12-17)15(3)25-4/h7-13,15,22H,5-6,14H2,1-4H3,(H,23,24). The largest absolute Gasteiger partial charge is 0.490 e. The first kappa shape index (κ1) is 20.6. The maximum absolute atomic E-state index is 12.3. The van der Waals surface area contributed by atoms with Crippen molar-refractivity contribution >= 4 is 17.3 Å². The molecule has 2 aromatic carbocycles. The van der Waals surface area contributed by atoms with Gasteiger partial charge in [-0.2, -0.15) is 0 Å². The Labute approximate surface area is 160 Å². The van der Waals surface area contributed by atoms with Gasteiger partial charge in [0.25, 0.3) is 0 Å². The van der Waals surface area contributed by atoms with Gasteiger partial charge in [0.05, 0.1) is 25.9 Å². The van der Waals surface area contributed by atoms with Crippen LogP contribution < -0.4 is 20.1 Å². The van der Waals surface area contributed by atoms with Crippen molar-refractivity contribution in [1.29, 1.82) is 0 Å². The van der Waals surface area contributed by atoms with Crippen LogP contribution in [0.1, 0.15) is 32.4 Å². The third-order valence-corrected chi connectivity index (χ3v) is 3.99. The van der Waals surface area contributed by atoms with Crippen LogP contribution in [0.5, 0.6) is 11.5 Å². The number of anilines is 2. The van der Waals surface area contributed by atoms with E-state index in [-0.39, 0.29) is 18.6 Å². The van der Waals surface area contributed by atoms with Gasteiger partial charge < -0.3 is 24.8 Å². The van der Waals surface area contributed by atoms with E-state index >= 15 is 0 Å². The zero-order chi connectivity index (χ0) is 19.6. The van der Waals surface area contributed by atoms with Crippen molar-refractivity contribution in [2.45, 2.75) is 26.9 Å². The molecule has 0 aliphatic carbocycles. The van der Waals surface area contributed by atoms with Crippen molar-refractivity contribution in [3.05, 3.63) is 48.0 Å². The monoisotopic (exact) mass is 372 g/mol. The van der Waals surface area contributed by atoms with Gasteiger partial charge in [-0.1, -0.05) is 12.1 Å². The molecule has 0 saturated heterocycles. The quantitative estimate of drug-likeness (QED) is 0.653. The molecule has 146 valence electrons. The molecule has 0 aromatic heterocycles. The van der Waals surface area contributed by atoms with Gasteiger partial charge in [-0.3, -0.25) is 4.79 Å². The summed E-state index contributed by atoms with van der Waals surface area (Å²) in [6, 6.07) is 13.2. The minimum absolute atomic E-state index is 0.00131. The lowest BCUT2D eigenvalue weighted by Gasteiger charge is -2.14. The van der Waals surface area contributed by atoms with E-state index in [1.807, 2.05) is 45.0 Å². The Morgan fingerprint density at radius 1 is 1.00 bits per heavy atom. The number of amides is 1. The number of nitrogens with one attached hydrogen (secondary N) is 2. The lowest BCUT2D eigenvalue weighted by atomic mass is 10.1. The number of ether oxygens (including phenoxy) is 3. The normalized spacial score (nSPS) is 11.6. The Bertz CT molecular complexity index is 749. The van der Waals surface area contributed by atoms with Gasteiger partial charge in [0.15, 0.2) is 11.5 Å². The van der Waals surface area contributed by atoms with Crippen molar-refractivity contribution in [2.75, 3.05) is 37.5 Å². The Morgan fingerprint density at radius 2 is 1.74 bits per heavy atom. The molecule has 27 heavy (non-hydrogen) atoms. The minimum atomic E-state index is -0.146. The number of benzene rings is 2. The molecule has 0 radical (unpaired) electrons. The van der Waals surface area contributed by atoms with Crippen LogP contribution in [-0.2, 0) is 9.53 Å². The van der Waals surface area contributed by atoms with Gasteiger partial charge in [0.2, 0.25) is 5.91 Å². The second-order valence-electron chi connectivity index (χ2n) is 5.93. The van der Waals surface area contributed by atoms with E-state index in [0.29, 0.717) is 30.4 Å². The molecular formula is C21H28N2O4. The molecule has 2 rings (SSSR count). The number of methoxy groups -OCH3 is 1. The lowest BCUT2D eigenvalue weighted by molar-refractivity contribution is -0.114. The first-order chi connectivity index (χ1) is 13.1. The number of hydrogen-bond donors (Lipinski definition) is 2. The fourth-order valence-corrected chi connectivity index (χ4v) is 2.55. The van der Waals surface area contributed by atoms with Crippen LogP contribution in [0.3, 0.4) is 0 Å². The molecule has 0 saturated carbocycles. The van der Waals surface area contributed by atoms with E-state index in [1.54, 1.807) is 25.3 Å². The summed E-state index contributed by atoms with van der Waals surface area (Å²) in [5.74, 6) is 1.14. The first-order valence-corrected chi connectivity index (χ1v) is 9.13. The Hall–Kier alpha value is -2.73. The summed E-state index contributed by atoms with van der Waals surface area (Å²) in [5.41, 5.74) is 2.58. The molecule has 6 nitrogen and oxygen atoms in total. The molecule has 0 spiro atoms. The molecule has 1 atom stereocenters. The predicted molar refractivity (Wildman–Crippen MR) is 108 cm³/mol. The highest BCUT2D eigenvalue weighted by molar-refractivity contribution is 5.94. The summed E-state index contributed by atoms with van der Waals surface area (Å²) < 4.78 is 16.4. The third kappa shape index (κ3) is 6.18. The molecule has 0 aliphatic rings. The van der Waals surface area contributed by atoms with Gasteiger partial charge in [-0.05, 0) is 50.6 Å². The third-order valence-electron chi connectivity index (χ3n) is 3.99. The van der Waals surface area contributed by atoms with E-state index < -0.39 is 0 Å². The average molecular weight is 372 g/mol. The fraction of sp³-hybridized carbons (Fsp3) is 0.381. The Morgan fingerprint density at radius 3 is 2.44 bits per heavy atom. The van der Waals surface area contributed by atoms with Crippen LogP contribution in [0, 0.1) is 0 Å². The van der Waals surface area contributed by atoms with Crippen LogP contribution in [0.2, 0.25) is 0 Å². The van der Waals surface area contributed by atoms with Crippen molar-refractivity contribution in [2.24, 2.45) is 0 Å². The summed E-state index contributed by atoms with van der Waals surface area (Å²) in [6.45, 7) is 7.03. The zero-order valence-corrected chi connectivity index (χ0v) is 16.4. The number of hydrogen-bond acceptors (Lipinski definition) is 5. The summed E-state index contributed by atoms with van der Waals surface area (Å²) in [6.07, 6.45) is 0.00131. The molecule has 1 unspecified atom stereocenters. The molecule has 0 bridgehead atoms. The van der Waals surface area contributed by atoms with E-state index in [0.717, 1.165) is 11.3 Å². The predicted octanol–water partition coefficient (Wildman–Crippen LogP) is 4.24. The maximum atomic E-state index is 12.3. The molecule has 1 amide bonds. The van der Waals surface area contributed by atoms with E-state index in [9.17, 15) is 4.79 Å². The zero-order valence-electron chi connectivity index (χ0n) is 16.4. The molecule has 2 N–H and O–H groups in total. The second-order valence-corrected chi connectivity index (χ2v) is 5.93. The Kier molecular flexibility index (Phi) is 7.95. The van der Waals surface area contributed by atoms with Gasteiger partial charge >= 0.3 is 0 Å². The first-order valence-electron chi connectivity index (χ1n) is 9.13. The smallest absolute Gasteiger partial charge is 0.243 e. The highest BCUT2D eigenvalue weighted by atomic mass is 16.5. The molecular weight excluding hydrogens is 344 g/mol. The molecule has 0 fully saturated rings. The number of carbonyl (C=O) groups is 1. The van der Waals surface area contributed by atoms with Crippen molar-refractivity contribution in [3.8, 4) is 11.5 Å². The van der Waals surface area contributed by atoms with Gasteiger partial charge in [-0.25, -0.2) is 0 Å². The summed E-state index contributed by atoms with van der Waals surface area (Å²) >= 11 is 0. The maximum Gasteiger partial charge on any atom is 0.243 e. The summed E-state index contributed by atoms with van der Waals surface area (Å²) in [7, 11) is 1.67. The number of carbonyl (C=O) groups excluding carboxylic acids is 1. The topological polar surface area (TPSA) is 68.8 Å². The highest BCUT2D eigenvalue weighted by Crippen LogP contribution is 2.30. The van der Waals surface area contributed by atoms with Gasteiger partial charge in [-0.15, -0.1) is 0 Å². The minimum Gasteiger partial charge on any atom is -0.490 e. The van der Waals surface area contributed by atoms with Gasteiger partial charge in [0, 0.05) is 24.6 Å². The summed E-state index contributed by atoms with van der Waals surface area (Å²) in [4.78, 5) is 12.3. The molecule has 0 heterocycles. The molecule has 0 aliphatic heterocycles. The van der Waals surface area contributed by atoms with Crippen molar-refractivity contribution in [1.82, 2.24) is 0 Å². The van der Waals surface area contributed by atoms with Gasteiger partial charge in [0.1, 0.15) is 0 Å². The second kappa shape index (κ2) is 10.4. The average Bonchev–Trinajstić information content (AvgIpc) is 2.68. The van der Waals surface area contributed by atoms with E-state index in [4.69, 9.17) is 14.2 Å². The SMILES string of the molecule is CCOc1ccc(NC(=O)CNc2cccc(C(C)OC)c2)cc1OCC. The highest BCUT2D eigenvalue weighted by Gasteiger charge is 2.09. The van der Waals surface area contributed by atoms with Crippen LogP contribution in [0.15, 0.2) is 42.5 Å². The molecule has 2 aromatic rings. The van der Waals surface area contributed by atoms with Crippen LogP contribution in [0.25, 0.3) is 0 Å². The summed E-state index contributed by atoms with van der Waals surface area (Å²) in [5, 5.41) is 6.00. The van der Waals surface area contributed by atoms with Crippen molar-refractivity contribution in [3.63, 3.8) is 0 Å². The van der Waals surface area contributed by atoms with Crippen LogP contribution >= 0.6 is 0 Å². The Balaban J connectivity index is 1.96. The van der Waals surface area contributed by atoms with E-state index in [1.165, 1.54) is 0 Å². The fourth-order valence-electron chi connectivity index (χ4n) is 2.55. The number of rotatable bonds is 10.